The first-order valence-corrected chi connectivity index (χ1v) is 6.52. The monoisotopic (exact) mass is 297 g/mol. The van der Waals surface area contributed by atoms with E-state index >= 15 is 0 Å². The largest absolute Gasteiger partial charge is 0.366 e. The minimum Gasteiger partial charge on any atom is -0.366 e. The van der Waals surface area contributed by atoms with E-state index in [4.69, 9.17) is 5.73 Å². The lowest BCUT2D eigenvalue weighted by Crippen LogP contribution is -2.10. The lowest BCUT2D eigenvalue weighted by atomic mass is 10.1. The van der Waals surface area contributed by atoms with Gasteiger partial charge in [-0.15, -0.1) is 0 Å². The van der Waals surface area contributed by atoms with Crippen LogP contribution in [0.25, 0.3) is 5.57 Å². The Labute approximate surface area is 125 Å². The molecule has 2 aromatic carbocycles. The lowest BCUT2D eigenvalue weighted by molar-refractivity contribution is -0.110. The fourth-order valence-electron chi connectivity index (χ4n) is 2.19. The molecule has 0 saturated heterocycles. The quantitative estimate of drug-likeness (QED) is 0.760. The van der Waals surface area contributed by atoms with Crippen molar-refractivity contribution in [3.63, 3.8) is 0 Å². The summed E-state index contributed by atoms with van der Waals surface area (Å²) in [7, 11) is 0. The molecule has 1 heterocycles. The van der Waals surface area contributed by atoms with Crippen LogP contribution in [0.3, 0.4) is 0 Å². The Bertz CT molecular complexity index is 798. The van der Waals surface area contributed by atoms with Gasteiger partial charge >= 0.3 is 0 Å². The summed E-state index contributed by atoms with van der Waals surface area (Å²) in [6, 6.07) is 10.6. The molecule has 6 heteroatoms. The van der Waals surface area contributed by atoms with E-state index in [0.29, 0.717) is 28.1 Å². The van der Waals surface area contributed by atoms with Gasteiger partial charge in [-0.1, -0.05) is 0 Å². The predicted molar refractivity (Wildman–Crippen MR) is 81.6 cm³/mol. The van der Waals surface area contributed by atoms with Crippen molar-refractivity contribution in [2.24, 2.45) is 5.73 Å². The summed E-state index contributed by atoms with van der Waals surface area (Å²) >= 11 is 0. The van der Waals surface area contributed by atoms with Crippen molar-refractivity contribution >= 4 is 28.8 Å². The molecule has 0 radical (unpaired) electrons. The number of nitrogens with two attached hydrogens (primary N) is 1. The molecule has 110 valence electrons. The van der Waals surface area contributed by atoms with Gasteiger partial charge in [0, 0.05) is 28.7 Å². The normalized spacial score (nSPS) is 14.6. The molecule has 0 atom stereocenters. The molecule has 0 aliphatic carbocycles. The Morgan fingerprint density at radius 3 is 2.59 bits per heavy atom. The second-order valence-electron chi connectivity index (χ2n) is 4.79. The van der Waals surface area contributed by atoms with Crippen LogP contribution in [-0.4, -0.2) is 11.8 Å². The summed E-state index contributed by atoms with van der Waals surface area (Å²) in [5.74, 6) is -1.22. The first-order chi connectivity index (χ1) is 10.5. The van der Waals surface area contributed by atoms with Crippen molar-refractivity contribution in [3.05, 3.63) is 65.6 Å². The van der Waals surface area contributed by atoms with Crippen LogP contribution in [0.1, 0.15) is 15.9 Å². The number of anilines is 2. The van der Waals surface area contributed by atoms with Crippen LogP contribution in [0.2, 0.25) is 0 Å². The van der Waals surface area contributed by atoms with Crippen molar-refractivity contribution in [1.82, 2.24) is 0 Å². The second kappa shape index (κ2) is 5.33. The molecule has 0 spiro atoms. The van der Waals surface area contributed by atoms with E-state index in [-0.39, 0.29) is 5.91 Å². The number of primary amides is 1. The summed E-state index contributed by atoms with van der Waals surface area (Å²) in [6.45, 7) is 0. The van der Waals surface area contributed by atoms with Crippen LogP contribution < -0.4 is 16.4 Å². The highest BCUT2D eigenvalue weighted by Gasteiger charge is 2.24. The van der Waals surface area contributed by atoms with E-state index in [2.05, 4.69) is 10.6 Å². The Balaban J connectivity index is 1.85. The molecule has 0 saturated carbocycles. The average Bonchev–Trinajstić information content (AvgIpc) is 2.80. The van der Waals surface area contributed by atoms with Crippen molar-refractivity contribution < 1.29 is 14.0 Å². The summed E-state index contributed by atoms with van der Waals surface area (Å²) in [5, 5.41) is 5.61. The maximum Gasteiger partial charge on any atom is 0.257 e. The van der Waals surface area contributed by atoms with E-state index < -0.39 is 11.7 Å². The fraction of sp³-hybridized carbons (Fsp3) is 0. The Morgan fingerprint density at radius 2 is 1.91 bits per heavy atom. The molecule has 1 aliphatic heterocycles. The topological polar surface area (TPSA) is 84.2 Å². The summed E-state index contributed by atoms with van der Waals surface area (Å²) < 4.78 is 13.3. The zero-order valence-corrected chi connectivity index (χ0v) is 11.4. The number of fused-ring (bicyclic) bond motifs is 1. The minimum absolute atomic E-state index is 0.304. The maximum atomic E-state index is 13.3. The molecule has 5 nitrogen and oxygen atoms in total. The van der Waals surface area contributed by atoms with Crippen molar-refractivity contribution in [3.8, 4) is 0 Å². The molecule has 0 fully saturated rings. The van der Waals surface area contributed by atoms with E-state index in [9.17, 15) is 14.0 Å². The molecule has 0 unspecified atom stereocenters. The number of rotatable bonds is 3. The molecular weight excluding hydrogens is 285 g/mol. The molecule has 4 N–H and O–H groups in total. The fourth-order valence-corrected chi connectivity index (χ4v) is 2.19. The zero-order valence-electron chi connectivity index (χ0n) is 11.4. The molecule has 2 aromatic rings. The Kier molecular flexibility index (Phi) is 3.34. The van der Waals surface area contributed by atoms with E-state index in [1.165, 1.54) is 24.4 Å². The molecule has 0 aromatic heterocycles. The molecule has 22 heavy (non-hydrogen) atoms. The molecule has 2 amide bonds. The second-order valence-corrected chi connectivity index (χ2v) is 4.79. The van der Waals surface area contributed by atoms with Crippen molar-refractivity contribution in [2.45, 2.75) is 0 Å². The number of nitrogens with one attached hydrogen (secondary N) is 2. The van der Waals surface area contributed by atoms with Crippen molar-refractivity contribution in [1.29, 1.82) is 0 Å². The first-order valence-electron chi connectivity index (χ1n) is 6.52. The first kappa shape index (κ1) is 13.8. The van der Waals surface area contributed by atoms with Crippen LogP contribution in [0.15, 0.2) is 48.7 Å². The predicted octanol–water partition coefficient (Wildman–Crippen LogP) is 2.33. The summed E-state index contributed by atoms with van der Waals surface area (Å²) in [4.78, 5) is 22.9. The highest BCUT2D eigenvalue weighted by Crippen LogP contribution is 2.32. The van der Waals surface area contributed by atoms with Crippen LogP contribution in [-0.2, 0) is 4.79 Å². The standard InChI is InChI=1S/C16H12FN3O2/c17-10-3-6-14-12(7-10)13(16(22)20-14)8-19-11-4-1-9(2-5-11)15(18)21/h1-8,19H,(H2,18,21)(H,20,22). The number of amides is 2. The number of carbonyl (C=O) groups is 2. The smallest absolute Gasteiger partial charge is 0.257 e. The third kappa shape index (κ3) is 2.54. The van der Waals surface area contributed by atoms with E-state index in [1.54, 1.807) is 24.3 Å². The van der Waals surface area contributed by atoms with E-state index in [1.807, 2.05) is 0 Å². The summed E-state index contributed by atoms with van der Waals surface area (Å²) in [5.41, 5.74) is 7.65. The number of benzene rings is 2. The highest BCUT2D eigenvalue weighted by molar-refractivity contribution is 6.31. The molecule has 1 aliphatic rings. The average molecular weight is 297 g/mol. The van der Waals surface area contributed by atoms with E-state index in [0.717, 1.165) is 0 Å². The number of carbonyl (C=O) groups excluding carboxylic acids is 2. The lowest BCUT2D eigenvalue weighted by Gasteiger charge is -2.03. The van der Waals surface area contributed by atoms with Gasteiger partial charge in [0.05, 0.1) is 5.57 Å². The SMILES string of the molecule is NC(=O)c1ccc(NC=C2C(=O)Nc3ccc(F)cc32)cc1. The maximum absolute atomic E-state index is 13.3. The highest BCUT2D eigenvalue weighted by atomic mass is 19.1. The van der Waals surface area contributed by atoms with Crippen LogP contribution in [0, 0.1) is 5.82 Å². The number of hydrogen-bond acceptors (Lipinski definition) is 3. The van der Waals surface area contributed by atoms with Crippen LogP contribution in [0.4, 0.5) is 15.8 Å². The van der Waals surface area contributed by atoms with Crippen LogP contribution >= 0.6 is 0 Å². The Morgan fingerprint density at radius 1 is 1.18 bits per heavy atom. The van der Waals surface area contributed by atoms with Gasteiger partial charge in [-0.05, 0) is 42.5 Å². The van der Waals surface area contributed by atoms with Gasteiger partial charge in [0.2, 0.25) is 5.91 Å². The molecule has 0 bridgehead atoms. The van der Waals surface area contributed by atoms with Gasteiger partial charge < -0.3 is 16.4 Å². The van der Waals surface area contributed by atoms with Gasteiger partial charge in [0.15, 0.2) is 0 Å². The van der Waals surface area contributed by atoms with Gasteiger partial charge in [0.1, 0.15) is 5.82 Å². The van der Waals surface area contributed by atoms with Gasteiger partial charge in [-0.25, -0.2) is 4.39 Å². The number of halogens is 1. The van der Waals surface area contributed by atoms with Gasteiger partial charge in [-0.2, -0.15) is 0 Å². The third-order valence-electron chi connectivity index (χ3n) is 3.32. The number of hydrogen-bond donors (Lipinski definition) is 3. The minimum atomic E-state index is -0.510. The van der Waals surface area contributed by atoms with Crippen LogP contribution in [0.5, 0.6) is 0 Å². The van der Waals surface area contributed by atoms with Gasteiger partial charge in [0.25, 0.3) is 5.91 Å². The molecular formula is C16H12FN3O2. The van der Waals surface area contributed by atoms with Crippen molar-refractivity contribution in [2.75, 3.05) is 10.6 Å². The molecule has 3 rings (SSSR count). The van der Waals surface area contributed by atoms with Gasteiger partial charge in [-0.3, -0.25) is 9.59 Å². The third-order valence-corrected chi connectivity index (χ3v) is 3.32. The zero-order chi connectivity index (χ0) is 15.7. The Hall–Kier alpha value is -3.15. The summed E-state index contributed by atoms with van der Waals surface area (Å²) in [6.07, 6.45) is 1.50.